The van der Waals surface area contributed by atoms with Crippen LogP contribution in [0.2, 0.25) is 0 Å². The summed E-state index contributed by atoms with van der Waals surface area (Å²) < 4.78 is 13.4. The number of hydrogen-bond acceptors (Lipinski definition) is 2. The Kier molecular flexibility index (Phi) is 4.20. The monoisotopic (exact) mass is 262 g/mol. The van der Waals surface area contributed by atoms with Gasteiger partial charge in [-0.1, -0.05) is 37.7 Å². The lowest BCUT2D eigenvalue weighted by Gasteiger charge is -2.05. The van der Waals surface area contributed by atoms with Crippen LogP contribution in [0.4, 0.5) is 4.39 Å². The predicted molar refractivity (Wildman–Crippen MR) is 72.6 cm³/mol. The van der Waals surface area contributed by atoms with E-state index in [4.69, 9.17) is 12.2 Å². The smallest absolute Gasteiger partial charge is 0.130 e. The summed E-state index contributed by atoms with van der Waals surface area (Å²) in [6.07, 6.45) is 2.66. The van der Waals surface area contributed by atoms with Crippen LogP contribution >= 0.6 is 12.2 Å². The van der Waals surface area contributed by atoms with E-state index >= 15 is 0 Å². The van der Waals surface area contributed by atoms with E-state index in [0.29, 0.717) is 11.1 Å². The molecular formula is C14H15FN2S. The zero-order valence-electron chi connectivity index (χ0n) is 10.2. The van der Waals surface area contributed by atoms with Crippen LogP contribution in [-0.2, 0) is 12.8 Å². The highest BCUT2D eigenvalue weighted by molar-refractivity contribution is 7.71. The molecule has 1 N–H and O–H groups in total. The summed E-state index contributed by atoms with van der Waals surface area (Å²) in [5.41, 5.74) is 2.12. The number of H-pyrrole nitrogens is 1. The lowest BCUT2D eigenvalue weighted by Crippen LogP contribution is -2.01. The van der Waals surface area contributed by atoms with Crippen molar-refractivity contribution in [1.29, 1.82) is 0 Å². The third-order valence-electron chi connectivity index (χ3n) is 2.65. The lowest BCUT2D eigenvalue weighted by atomic mass is 10.1. The highest BCUT2D eigenvalue weighted by atomic mass is 32.1. The van der Waals surface area contributed by atoms with Crippen LogP contribution in [0, 0.1) is 10.5 Å². The van der Waals surface area contributed by atoms with Crippen LogP contribution < -0.4 is 0 Å². The second-order valence-corrected chi connectivity index (χ2v) is 4.66. The average molecular weight is 262 g/mol. The number of nitrogens with one attached hydrogen (secondary N) is 1. The van der Waals surface area contributed by atoms with Gasteiger partial charge in [0.25, 0.3) is 0 Å². The fourth-order valence-electron chi connectivity index (χ4n) is 1.85. The van der Waals surface area contributed by atoms with E-state index in [0.717, 1.165) is 29.9 Å². The van der Waals surface area contributed by atoms with Crippen molar-refractivity contribution in [3.05, 3.63) is 57.9 Å². The molecule has 0 spiro atoms. The molecule has 0 unspecified atom stereocenters. The van der Waals surface area contributed by atoms with Crippen molar-refractivity contribution in [1.82, 2.24) is 9.97 Å². The summed E-state index contributed by atoms with van der Waals surface area (Å²) in [7, 11) is 0. The van der Waals surface area contributed by atoms with Gasteiger partial charge in [0, 0.05) is 12.1 Å². The van der Waals surface area contributed by atoms with Crippen molar-refractivity contribution in [2.75, 3.05) is 0 Å². The Hall–Kier alpha value is -1.55. The van der Waals surface area contributed by atoms with Gasteiger partial charge < -0.3 is 4.98 Å². The minimum atomic E-state index is -0.223. The Bertz CT molecular complexity index is 575. The first-order valence-corrected chi connectivity index (χ1v) is 6.42. The number of aromatic nitrogens is 2. The number of halogens is 1. The highest BCUT2D eigenvalue weighted by Gasteiger charge is 2.01. The van der Waals surface area contributed by atoms with Gasteiger partial charge in [0.05, 0.1) is 0 Å². The normalized spacial score (nSPS) is 10.6. The first-order chi connectivity index (χ1) is 8.67. The summed E-state index contributed by atoms with van der Waals surface area (Å²) in [6, 6.07) is 8.34. The first-order valence-electron chi connectivity index (χ1n) is 6.01. The van der Waals surface area contributed by atoms with E-state index < -0.39 is 0 Å². The molecule has 0 saturated carbocycles. The summed E-state index contributed by atoms with van der Waals surface area (Å²) in [5, 5.41) is 0. The SMILES string of the molecule is CCCc1cc(=S)nc(Cc2ccc(F)cc2)[nH]1. The van der Waals surface area contributed by atoms with Crippen molar-refractivity contribution in [3.63, 3.8) is 0 Å². The van der Waals surface area contributed by atoms with Crippen molar-refractivity contribution < 1.29 is 4.39 Å². The van der Waals surface area contributed by atoms with E-state index in [-0.39, 0.29) is 5.82 Å². The minimum Gasteiger partial charge on any atom is -0.347 e. The Morgan fingerprint density at radius 3 is 2.67 bits per heavy atom. The lowest BCUT2D eigenvalue weighted by molar-refractivity contribution is 0.627. The largest absolute Gasteiger partial charge is 0.347 e. The third-order valence-corrected chi connectivity index (χ3v) is 2.86. The van der Waals surface area contributed by atoms with Crippen LogP contribution in [-0.4, -0.2) is 9.97 Å². The van der Waals surface area contributed by atoms with Crippen molar-refractivity contribution in [3.8, 4) is 0 Å². The topological polar surface area (TPSA) is 28.7 Å². The van der Waals surface area contributed by atoms with Gasteiger partial charge in [-0.2, -0.15) is 0 Å². The van der Waals surface area contributed by atoms with Gasteiger partial charge in [-0.3, -0.25) is 0 Å². The molecule has 0 aliphatic heterocycles. The maximum absolute atomic E-state index is 12.8. The molecule has 0 amide bonds. The highest BCUT2D eigenvalue weighted by Crippen LogP contribution is 2.09. The molecule has 4 heteroatoms. The fraction of sp³-hybridized carbons (Fsp3) is 0.286. The number of hydrogen-bond donors (Lipinski definition) is 1. The number of benzene rings is 1. The third kappa shape index (κ3) is 3.47. The van der Waals surface area contributed by atoms with Gasteiger partial charge >= 0.3 is 0 Å². The van der Waals surface area contributed by atoms with Crippen LogP contribution in [0.3, 0.4) is 0 Å². The van der Waals surface area contributed by atoms with E-state index in [1.54, 1.807) is 12.1 Å². The van der Waals surface area contributed by atoms with Gasteiger partial charge in [0.1, 0.15) is 16.3 Å². The van der Waals surface area contributed by atoms with Gasteiger partial charge in [0.15, 0.2) is 0 Å². The van der Waals surface area contributed by atoms with Crippen molar-refractivity contribution in [2.24, 2.45) is 0 Å². The molecule has 2 nitrogen and oxygen atoms in total. The standard InChI is InChI=1S/C14H15FN2S/c1-2-3-12-9-14(18)17-13(16-12)8-10-4-6-11(15)7-5-10/h4-7,9H,2-3,8H2,1H3,(H,16,17,18). The molecule has 0 bridgehead atoms. The maximum atomic E-state index is 12.8. The predicted octanol–water partition coefficient (Wildman–Crippen LogP) is 3.82. The maximum Gasteiger partial charge on any atom is 0.130 e. The average Bonchev–Trinajstić information content (AvgIpc) is 2.32. The van der Waals surface area contributed by atoms with Crippen LogP contribution in [0.25, 0.3) is 0 Å². The zero-order chi connectivity index (χ0) is 13.0. The molecule has 0 aliphatic rings. The van der Waals surface area contributed by atoms with Crippen LogP contribution in [0.15, 0.2) is 30.3 Å². The van der Waals surface area contributed by atoms with Crippen molar-refractivity contribution >= 4 is 12.2 Å². The quantitative estimate of drug-likeness (QED) is 0.848. The number of nitrogens with zero attached hydrogens (tertiary/aromatic N) is 1. The van der Waals surface area contributed by atoms with E-state index in [1.807, 2.05) is 6.07 Å². The molecule has 0 saturated heterocycles. The second kappa shape index (κ2) is 5.87. The Morgan fingerprint density at radius 1 is 1.28 bits per heavy atom. The van der Waals surface area contributed by atoms with E-state index in [9.17, 15) is 4.39 Å². The number of aromatic amines is 1. The molecule has 0 atom stereocenters. The van der Waals surface area contributed by atoms with Gasteiger partial charge in [0.2, 0.25) is 0 Å². The minimum absolute atomic E-state index is 0.223. The molecule has 1 aromatic carbocycles. The van der Waals surface area contributed by atoms with Crippen LogP contribution in [0.1, 0.15) is 30.4 Å². The number of rotatable bonds is 4. The molecule has 0 radical (unpaired) electrons. The molecule has 0 fully saturated rings. The zero-order valence-corrected chi connectivity index (χ0v) is 11.1. The first kappa shape index (κ1) is 12.9. The summed E-state index contributed by atoms with van der Waals surface area (Å²) >= 11 is 5.15. The van der Waals surface area contributed by atoms with Crippen LogP contribution in [0.5, 0.6) is 0 Å². The second-order valence-electron chi connectivity index (χ2n) is 4.24. The van der Waals surface area contributed by atoms with Gasteiger partial charge in [-0.05, 0) is 30.2 Å². The molecule has 1 heterocycles. The molecule has 1 aromatic heterocycles. The summed E-state index contributed by atoms with van der Waals surface area (Å²) in [4.78, 5) is 7.58. The Balaban J connectivity index is 2.23. The molecule has 18 heavy (non-hydrogen) atoms. The molecule has 94 valence electrons. The summed E-state index contributed by atoms with van der Waals surface area (Å²) in [6.45, 7) is 2.12. The van der Waals surface area contributed by atoms with E-state index in [1.165, 1.54) is 12.1 Å². The summed E-state index contributed by atoms with van der Waals surface area (Å²) in [5.74, 6) is 0.608. The molecule has 2 aromatic rings. The molecular weight excluding hydrogens is 247 g/mol. The van der Waals surface area contributed by atoms with Gasteiger partial charge in [-0.25, -0.2) is 9.37 Å². The Morgan fingerprint density at radius 2 is 2.00 bits per heavy atom. The molecule has 0 aliphatic carbocycles. The fourth-order valence-corrected chi connectivity index (χ4v) is 2.10. The number of aryl methyl sites for hydroxylation is 1. The molecule has 2 rings (SSSR count). The van der Waals surface area contributed by atoms with E-state index in [2.05, 4.69) is 16.9 Å². The van der Waals surface area contributed by atoms with Gasteiger partial charge in [-0.15, -0.1) is 0 Å². The van der Waals surface area contributed by atoms with Crippen molar-refractivity contribution in [2.45, 2.75) is 26.2 Å². The Labute approximate surface area is 111 Å².